The molecule has 112 valence electrons. The maximum Gasteiger partial charge on any atom is 0.113 e. The largest absolute Gasteiger partial charge is 0.220 e. The van der Waals surface area contributed by atoms with Crippen molar-refractivity contribution < 1.29 is 0 Å². The van der Waals surface area contributed by atoms with Crippen molar-refractivity contribution in [2.45, 2.75) is 27.2 Å². The number of hydrogen-bond acceptors (Lipinski definition) is 2. The van der Waals surface area contributed by atoms with Crippen LogP contribution < -0.4 is 0 Å². The quantitative estimate of drug-likeness (QED) is 0.692. The Morgan fingerprint density at radius 2 is 1.82 bits per heavy atom. The number of fused-ring (bicyclic) bond motifs is 1. The van der Waals surface area contributed by atoms with Crippen molar-refractivity contribution in [3.63, 3.8) is 0 Å². The second kappa shape index (κ2) is 6.14. The van der Waals surface area contributed by atoms with Gasteiger partial charge in [-0.15, -0.1) is 5.10 Å². The lowest BCUT2D eigenvalue weighted by Crippen LogP contribution is -1.97. The predicted molar refractivity (Wildman–Crippen MR) is 92.3 cm³/mol. The van der Waals surface area contributed by atoms with Crippen molar-refractivity contribution in [3.8, 4) is 0 Å². The Morgan fingerprint density at radius 3 is 2.55 bits per heavy atom. The van der Waals surface area contributed by atoms with E-state index in [1.807, 2.05) is 28.9 Å². The maximum atomic E-state index is 4.28. The van der Waals surface area contributed by atoms with E-state index >= 15 is 0 Å². The lowest BCUT2D eigenvalue weighted by atomic mass is 9.96. The SMILES string of the molecule is Cc1ccc(/C(=C\n2nnc3ccccc32)CC(C)C)cc1. The molecule has 3 aromatic rings. The molecule has 0 unspecified atom stereocenters. The van der Waals surface area contributed by atoms with E-state index < -0.39 is 0 Å². The molecule has 2 aromatic carbocycles. The number of hydrogen-bond donors (Lipinski definition) is 0. The lowest BCUT2D eigenvalue weighted by Gasteiger charge is -2.11. The van der Waals surface area contributed by atoms with Crippen LogP contribution in [0.3, 0.4) is 0 Å². The van der Waals surface area contributed by atoms with Crippen molar-refractivity contribution in [2.24, 2.45) is 5.92 Å². The van der Waals surface area contributed by atoms with Crippen LogP contribution in [0, 0.1) is 12.8 Å². The Labute approximate surface area is 131 Å². The Kier molecular flexibility index (Phi) is 4.05. The summed E-state index contributed by atoms with van der Waals surface area (Å²) < 4.78 is 1.88. The fraction of sp³-hybridized carbons (Fsp3) is 0.263. The number of aryl methyl sites for hydroxylation is 1. The van der Waals surface area contributed by atoms with Crippen LogP contribution in [0.1, 0.15) is 31.4 Å². The number of rotatable bonds is 4. The molecule has 0 aliphatic carbocycles. The molecule has 0 saturated heterocycles. The second-order valence-electron chi connectivity index (χ2n) is 6.14. The Hall–Kier alpha value is -2.42. The average Bonchev–Trinajstić information content (AvgIpc) is 2.90. The third-order valence-corrected chi connectivity index (χ3v) is 3.71. The molecule has 0 amide bonds. The highest BCUT2D eigenvalue weighted by molar-refractivity contribution is 5.81. The summed E-state index contributed by atoms with van der Waals surface area (Å²) >= 11 is 0. The number of benzene rings is 2. The van der Waals surface area contributed by atoms with Crippen LogP contribution in [-0.4, -0.2) is 15.0 Å². The van der Waals surface area contributed by atoms with Gasteiger partial charge in [-0.25, -0.2) is 4.68 Å². The van der Waals surface area contributed by atoms with E-state index in [2.05, 4.69) is 61.5 Å². The minimum atomic E-state index is 0.585. The summed E-state index contributed by atoms with van der Waals surface area (Å²) in [5, 5.41) is 8.50. The van der Waals surface area contributed by atoms with Crippen LogP contribution in [0.25, 0.3) is 22.8 Å². The Bertz CT molecular complexity index is 795. The number of allylic oxidation sites excluding steroid dienone is 1. The highest BCUT2D eigenvalue weighted by Crippen LogP contribution is 2.24. The average molecular weight is 291 g/mol. The van der Waals surface area contributed by atoms with Gasteiger partial charge in [-0.2, -0.15) is 0 Å². The normalized spacial score (nSPS) is 12.3. The van der Waals surface area contributed by atoms with E-state index in [-0.39, 0.29) is 0 Å². The molecule has 0 atom stereocenters. The molecule has 22 heavy (non-hydrogen) atoms. The summed E-state index contributed by atoms with van der Waals surface area (Å²) in [4.78, 5) is 0. The van der Waals surface area contributed by atoms with Gasteiger partial charge < -0.3 is 0 Å². The molecule has 0 spiro atoms. The number of para-hydroxylation sites is 1. The first-order valence-corrected chi connectivity index (χ1v) is 7.71. The topological polar surface area (TPSA) is 30.7 Å². The molecule has 0 radical (unpaired) electrons. The van der Waals surface area contributed by atoms with Gasteiger partial charge in [-0.3, -0.25) is 0 Å². The van der Waals surface area contributed by atoms with Crippen molar-refractivity contribution in [2.75, 3.05) is 0 Å². The minimum Gasteiger partial charge on any atom is -0.220 e. The molecule has 3 nitrogen and oxygen atoms in total. The van der Waals surface area contributed by atoms with E-state index in [1.165, 1.54) is 16.7 Å². The molecule has 1 aromatic heterocycles. The fourth-order valence-corrected chi connectivity index (χ4v) is 2.58. The summed E-state index contributed by atoms with van der Waals surface area (Å²) in [6.45, 7) is 6.59. The predicted octanol–water partition coefficient (Wildman–Crippen LogP) is 4.78. The van der Waals surface area contributed by atoms with Crippen molar-refractivity contribution in [1.82, 2.24) is 15.0 Å². The van der Waals surface area contributed by atoms with E-state index in [9.17, 15) is 0 Å². The zero-order valence-electron chi connectivity index (χ0n) is 13.3. The molecule has 3 rings (SSSR count). The summed E-state index contributed by atoms with van der Waals surface area (Å²) in [5.74, 6) is 0.585. The molecule has 3 heteroatoms. The van der Waals surface area contributed by atoms with Gasteiger partial charge in [-0.05, 0) is 42.5 Å². The van der Waals surface area contributed by atoms with Gasteiger partial charge in [0.2, 0.25) is 0 Å². The molecular formula is C19H21N3. The van der Waals surface area contributed by atoms with Crippen LogP contribution in [0.4, 0.5) is 0 Å². The van der Waals surface area contributed by atoms with E-state index in [1.54, 1.807) is 0 Å². The molecule has 0 fully saturated rings. The standard InChI is InChI=1S/C19H21N3/c1-14(2)12-17(16-10-8-15(3)9-11-16)13-22-19-7-5-4-6-18(19)20-21-22/h4-11,13-14H,12H2,1-3H3/b17-13-. The third-order valence-electron chi connectivity index (χ3n) is 3.71. The van der Waals surface area contributed by atoms with Gasteiger partial charge in [0.1, 0.15) is 5.52 Å². The fourth-order valence-electron chi connectivity index (χ4n) is 2.58. The summed E-state index contributed by atoms with van der Waals surface area (Å²) in [5.41, 5.74) is 5.77. The van der Waals surface area contributed by atoms with Gasteiger partial charge >= 0.3 is 0 Å². The molecule has 1 heterocycles. The summed E-state index contributed by atoms with van der Waals surface area (Å²) in [7, 11) is 0. The highest BCUT2D eigenvalue weighted by atomic mass is 15.4. The van der Waals surface area contributed by atoms with Crippen molar-refractivity contribution in [1.29, 1.82) is 0 Å². The van der Waals surface area contributed by atoms with Crippen LogP contribution in [0.15, 0.2) is 48.5 Å². The van der Waals surface area contributed by atoms with E-state index in [0.717, 1.165) is 17.5 Å². The van der Waals surface area contributed by atoms with Crippen molar-refractivity contribution in [3.05, 3.63) is 59.7 Å². The maximum absolute atomic E-state index is 4.28. The molecule has 0 aliphatic rings. The van der Waals surface area contributed by atoms with E-state index in [4.69, 9.17) is 0 Å². The Morgan fingerprint density at radius 1 is 1.09 bits per heavy atom. The first-order chi connectivity index (χ1) is 10.6. The molecule has 0 saturated carbocycles. The summed E-state index contributed by atoms with van der Waals surface area (Å²) in [6, 6.07) is 16.7. The van der Waals surface area contributed by atoms with Crippen LogP contribution in [0.5, 0.6) is 0 Å². The third kappa shape index (κ3) is 3.08. The minimum absolute atomic E-state index is 0.585. The lowest BCUT2D eigenvalue weighted by molar-refractivity contribution is 0.673. The first kappa shape index (κ1) is 14.5. The smallest absolute Gasteiger partial charge is 0.113 e. The van der Waals surface area contributed by atoms with Crippen molar-refractivity contribution >= 4 is 22.8 Å². The van der Waals surface area contributed by atoms with Crippen LogP contribution in [-0.2, 0) is 0 Å². The second-order valence-corrected chi connectivity index (χ2v) is 6.14. The van der Waals surface area contributed by atoms with Gasteiger partial charge in [0.05, 0.1) is 5.52 Å². The first-order valence-electron chi connectivity index (χ1n) is 7.71. The van der Waals surface area contributed by atoms with Crippen LogP contribution in [0.2, 0.25) is 0 Å². The van der Waals surface area contributed by atoms with Gasteiger partial charge in [0.25, 0.3) is 0 Å². The Balaban J connectivity index is 2.06. The zero-order chi connectivity index (χ0) is 15.5. The molecule has 0 bridgehead atoms. The zero-order valence-corrected chi connectivity index (χ0v) is 13.3. The van der Waals surface area contributed by atoms with Gasteiger partial charge in [0, 0.05) is 6.20 Å². The number of aromatic nitrogens is 3. The highest BCUT2D eigenvalue weighted by Gasteiger charge is 2.07. The monoisotopic (exact) mass is 291 g/mol. The van der Waals surface area contributed by atoms with Gasteiger partial charge in [0.15, 0.2) is 0 Å². The van der Waals surface area contributed by atoms with Crippen LogP contribution >= 0.6 is 0 Å². The van der Waals surface area contributed by atoms with E-state index in [0.29, 0.717) is 5.92 Å². The summed E-state index contributed by atoms with van der Waals surface area (Å²) in [6.07, 6.45) is 3.12. The molecular weight excluding hydrogens is 270 g/mol. The molecule has 0 aliphatic heterocycles. The molecule has 0 N–H and O–H groups in total. The van der Waals surface area contributed by atoms with Gasteiger partial charge in [-0.1, -0.05) is 61.0 Å². The number of nitrogens with zero attached hydrogens (tertiary/aromatic N) is 3.